The molecule has 5 nitrogen and oxygen atoms in total. The number of likely N-dealkylation sites (tertiary alicyclic amines) is 1. The van der Waals surface area contributed by atoms with Gasteiger partial charge in [-0.05, 0) is 23.8 Å². The van der Waals surface area contributed by atoms with E-state index in [4.69, 9.17) is 0 Å². The Morgan fingerprint density at radius 2 is 2.27 bits per heavy atom. The first-order valence-corrected chi connectivity index (χ1v) is 8.90. The van der Waals surface area contributed by atoms with Gasteiger partial charge in [0.25, 0.3) is 5.91 Å². The van der Waals surface area contributed by atoms with Crippen molar-refractivity contribution in [3.05, 3.63) is 22.4 Å². The number of amides is 3. The lowest BCUT2D eigenvalue weighted by Crippen LogP contribution is -3.11. The van der Waals surface area contributed by atoms with Crippen LogP contribution in [0.5, 0.6) is 0 Å². The number of hydrogen-bond acceptors (Lipinski definition) is 3. The first-order valence-electron chi connectivity index (χ1n) is 8.02. The highest BCUT2D eigenvalue weighted by Crippen LogP contribution is 2.23. The molecule has 1 aliphatic rings. The molecule has 6 heteroatoms. The van der Waals surface area contributed by atoms with E-state index in [1.54, 1.807) is 11.3 Å². The van der Waals surface area contributed by atoms with Gasteiger partial charge in [-0.3, -0.25) is 10.1 Å². The molecule has 2 rings (SSSR count). The highest BCUT2D eigenvalue weighted by Gasteiger charge is 2.32. The number of quaternary nitrogens is 1. The second-order valence-electron chi connectivity index (χ2n) is 6.28. The standard InChI is InChI=1S/C16H25N3O2S/c1-12(2)7-8-17-16(21)18-15(20)11-19-9-3-5-13(19)14-6-4-10-22-14/h4,6,10,12-13H,3,5,7-9,11H2,1-2H3,(H2,17,18,20,21)/p+1/t13-/m0/s1. The molecule has 1 saturated heterocycles. The molecular formula is C16H26N3O2S+. The molecule has 1 aromatic rings. The highest BCUT2D eigenvalue weighted by molar-refractivity contribution is 7.10. The van der Waals surface area contributed by atoms with Crippen LogP contribution in [0.3, 0.4) is 0 Å². The zero-order valence-electron chi connectivity index (χ0n) is 13.4. The van der Waals surface area contributed by atoms with E-state index < -0.39 is 0 Å². The van der Waals surface area contributed by atoms with Gasteiger partial charge in [0.1, 0.15) is 6.04 Å². The van der Waals surface area contributed by atoms with Crippen LogP contribution in [0, 0.1) is 5.92 Å². The molecule has 0 aromatic carbocycles. The van der Waals surface area contributed by atoms with Crippen LogP contribution in [0.2, 0.25) is 0 Å². The zero-order chi connectivity index (χ0) is 15.9. The maximum Gasteiger partial charge on any atom is 0.321 e. The van der Waals surface area contributed by atoms with Gasteiger partial charge in [-0.25, -0.2) is 4.79 Å². The molecule has 122 valence electrons. The van der Waals surface area contributed by atoms with Gasteiger partial charge < -0.3 is 10.2 Å². The number of imide groups is 1. The second-order valence-corrected chi connectivity index (χ2v) is 7.26. The second kappa shape index (κ2) is 8.29. The van der Waals surface area contributed by atoms with Crippen LogP contribution < -0.4 is 15.5 Å². The van der Waals surface area contributed by atoms with Crippen LogP contribution in [-0.2, 0) is 4.79 Å². The third kappa shape index (κ3) is 5.10. The van der Waals surface area contributed by atoms with E-state index in [2.05, 4.69) is 42.0 Å². The van der Waals surface area contributed by atoms with Crippen LogP contribution in [0.1, 0.15) is 44.0 Å². The van der Waals surface area contributed by atoms with Gasteiger partial charge in [0, 0.05) is 19.4 Å². The van der Waals surface area contributed by atoms with Gasteiger partial charge in [-0.15, -0.1) is 11.3 Å². The molecule has 1 unspecified atom stereocenters. The predicted octanol–water partition coefficient (Wildman–Crippen LogP) is 1.34. The molecule has 3 amide bonds. The van der Waals surface area contributed by atoms with Gasteiger partial charge in [0.15, 0.2) is 6.54 Å². The number of nitrogens with one attached hydrogen (secondary N) is 3. The Morgan fingerprint density at radius 3 is 2.95 bits per heavy atom. The van der Waals surface area contributed by atoms with E-state index in [9.17, 15) is 9.59 Å². The van der Waals surface area contributed by atoms with Gasteiger partial charge >= 0.3 is 6.03 Å². The van der Waals surface area contributed by atoms with Crippen molar-refractivity contribution in [1.82, 2.24) is 10.6 Å². The molecule has 1 aromatic heterocycles. The normalized spacial score (nSPS) is 21.0. The third-order valence-electron chi connectivity index (χ3n) is 4.02. The minimum Gasteiger partial charge on any atom is -0.338 e. The van der Waals surface area contributed by atoms with Crippen molar-refractivity contribution in [3.8, 4) is 0 Å². The van der Waals surface area contributed by atoms with Gasteiger partial charge in [0.2, 0.25) is 0 Å². The van der Waals surface area contributed by atoms with Crippen molar-refractivity contribution in [1.29, 1.82) is 0 Å². The van der Waals surface area contributed by atoms with Crippen molar-refractivity contribution in [2.45, 2.75) is 39.2 Å². The van der Waals surface area contributed by atoms with E-state index >= 15 is 0 Å². The maximum absolute atomic E-state index is 12.0. The Labute approximate surface area is 136 Å². The zero-order valence-corrected chi connectivity index (χ0v) is 14.2. The number of urea groups is 1. The Balaban J connectivity index is 1.75. The topological polar surface area (TPSA) is 62.6 Å². The highest BCUT2D eigenvalue weighted by atomic mass is 32.1. The van der Waals surface area contributed by atoms with Crippen molar-refractivity contribution >= 4 is 23.3 Å². The maximum atomic E-state index is 12.0. The summed E-state index contributed by atoms with van der Waals surface area (Å²) in [6, 6.07) is 4.21. The van der Waals surface area contributed by atoms with Crippen LogP contribution in [-0.4, -0.2) is 31.6 Å². The van der Waals surface area contributed by atoms with Crippen molar-refractivity contribution in [2.24, 2.45) is 5.92 Å². The summed E-state index contributed by atoms with van der Waals surface area (Å²) in [6.45, 7) is 6.16. The smallest absolute Gasteiger partial charge is 0.321 e. The molecule has 0 bridgehead atoms. The molecular weight excluding hydrogens is 298 g/mol. The fourth-order valence-electron chi connectivity index (χ4n) is 2.85. The lowest BCUT2D eigenvalue weighted by Gasteiger charge is -2.19. The summed E-state index contributed by atoms with van der Waals surface area (Å²) in [7, 11) is 0. The number of hydrogen-bond donors (Lipinski definition) is 3. The average Bonchev–Trinajstić information content (AvgIpc) is 3.07. The number of carbonyl (C=O) groups excluding carboxylic acids is 2. The lowest BCUT2D eigenvalue weighted by molar-refractivity contribution is -0.910. The first-order chi connectivity index (χ1) is 10.6. The molecule has 0 aliphatic carbocycles. The van der Waals surface area contributed by atoms with Crippen LogP contribution in [0.25, 0.3) is 0 Å². The van der Waals surface area contributed by atoms with Crippen molar-refractivity contribution in [2.75, 3.05) is 19.6 Å². The molecule has 22 heavy (non-hydrogen) atoms. The Hall–Kier alpha value is -1.40. The van der Waals surface area contributed by atoms with Crippen LogP contribution in [0.15, 0.2) is 17.5 Å². The SMILES string of the molecule is CC(C)CCNC(=O)NC(=O)C[NH+]1CCC[C@H]1c1cccs1. The summed E-state index contributed by atoms with van der Waals surface area (Å²) in [5.74, 6) is 0.345. The summed E-state index contributed by atoms with van der Waals surface area (Å²) in [6.07, 6.45) is 3.16. The van der Waals surface area contributed by atoms with Crippen LogP contribution in [0.4, 0.5) is 4.79 Å². The van der Waals surface area contributed by atoms with E-state index in [0.29, 0.717) is 25.0 Å². The Bertz CT molecular complexity index is 488. The summed E-state index contributed by atoms with van der Waals surface area (Å²) in [4.78, 5) is 26.3. The van der Waals surface area contributed by atoms with E-state index in [-0.39, 0.29) is 11.9 Å². The summed E-state index contributed by atoms with van der Waals surface area (Å²) < 4.78 is 0. The van der Waals surface area contributed by atoms with Crippen LogP contribution >= 0.6 is 11.3 Å². The summed E-state index contributed by atoms with van der Waals surface area (Å²) in [5.41, 5.74) is 0. The molecule has 2 atom stereocenters. The van der Waals surface area contributed by atoms with Gasteiger partial charge in [0.05, 0.1) is 11.4 Å². The van der Waals surface area contributed by atoms with Crippen molar-refractivity contribution in [3.63, 3.8) is 0 Å². The number of thiophene rings is 1. The number of rotatable bonds is 6. The van der Waals surface area contributed by atoms with E-state index in [1.807, 2.05) is 0 Å². The summed E-state index contributed by atoms with van der Waals surface area (Å²) in [5, 5.41) is 7.25. The molecule has 0 radical (unpaired) electrons. The molecule has 3 N–H and O–H groups in total. The molecule has 0 saturated carbocycles. The van der Waals surface area contributed by atoms with Gasteiger partial charge in [-0.2, -0.15) is 0 Å². The average molecular weight is 324 g/mol. The Kier molecular flexibility index (Phi) is 6.39. The molecule has 2 heterocycles. The first kappa shape index (κ1) is 17.0. The summed E-state index contributed by atoms with van der Waals surface area (Å²) >= 11 is 1.75. The quantitative estimate of drug-likeness (QED) is 0.739. The fourth-order valence-corrected chi connectivity index (χ4v) is 3.77. The predicted molar refractivity (Wildman–Crippen MR) is 88.0 cm³/mol. The molecule has 0 spiro atoms. The van der Waals surface area contributed by atoms with Gasteiger partial charge in [-0.1, -0.05) is 19.9 Å². The van der Waals surface area contributed by atoms with E-state index in [1.165, 1.54) is 9.78 Å². The van der Waals surface area contributed by atoms with E-state index in [0.717, 1.165) is 25.8 Å². The minimum absolute atomic E-state index is 0.194. The molecule has 1 fully saturated rings. The van der Waals surface area contributed by atoms with Crippen molar-refractivity contribution < 1.29 is 14.5 Å². The fraction of sp³-hybridized carbons (Fsp3) is 0.625. The largest absolute Gasteiger partial charge is 0.338 e. The monoisotopic (exact) mass is 324 g/mol. The number of carbonyl (C=O) groups is 2. The molecule has 1 aliphatic heterocycles. The lowest BCUT2D eigenvalue weighted by atomic mass is 10.1. The third-order valence-corrected chi connectivity index (χ3v) is 5.00. The Morgan fingerprint density at radius 1 is 1.45 bits per heavy atom. The minimum atomic E-state index is -0.378.